The molecule has 5 nitrogen and oxygen atoms in total. The lowest BCUT2D eigenvalue weighted by Crippen LogP contribution is -2.46. The Bertz CT molecular complexity index is 540. The molecule has 1 aliphatic heterocycles. The average Bonchev–Trinajstić information content (AvgIpc) is 2.59. The Morgan fingerprint density at radius 2 is 1.54 bits per heavy atom. The molecule has 0 atom stereocenters. The number of halogens is 1. The van der Waals surface area contributed by atoms with Crippen LogP contribution in [0, 0.1) is 0 Å². The third-order valence-electron chi connectivity index (χ3n) is 4.26. The maximum Gasteiger partial charge on any atom is 0.254 e. The van der Waals surface area contributed by atoms with Crippen LogP contribution in [0.2, 0.25) is 0 Å². The monoisotopic (exact) mass is 353 g/mol. The number of benzene rings is 1. The highest BCUT2D eigenvalue weighted by atomic mass is 35.5. The first-order valence-electron chi connectivity index (χ1n) is 8.38. The molecule has 0 bridgehead atoms. The Labute approximate surface area is 150 Å². The standard InChI is InChI=1S/C18H27N3O2.ClH/c1-4-13-21(16-9-11-19-12-10-16)18(23)15-7-5-14(6-8-15)17(22)20(2)3;/h5-8,16,19H,4,9-13H2,1-3H3;1H. The van der Waals surface area contributed by atoms with Gasteiger partial charge in [-0.15, -0.1) is 12.4 Å². The lowest BCUT2D eigenvalue weighted by atomic mass is 10.0. The number of carbonyl (C=O) groups is 2. The van der Waals surface area contributed by atoms with Crippen molar-refractivity contribution < 1.29 is 9.59 Å². The van der Waals surface area contributed by atoms with Gasteiger partial charge in [0.05, 0.1) is 0 Å². The third kappa shape index (κ3) is 4.95. The van der Waals surface area contributed by atoms with Crippen molar-refractivity contribution in [3.8, 4) is 0 Å². The van der Waals surface area contributed by atoms with E-state index in [1.165, 1.54) is 4.90 Å². The highest BCUT2D eigenvalue weighted by molar-refractivity contribution is 5.97. The van der Waals surface area contributed by atoms with Gasteiger partial charge >= 0.3 is 0 Å². The van der Waals surface area contributed by atoms with E-state index in [2.05, 4.69) is 12.2 Å². The van der Waals surface area contributed by atoms with E-state index in [0.29, 0.717) is 17.2 Å². The molecule has 24 heavy (non-hydrogen) atoms. The number of rotatable bonds is 5. The van der Waals surface area contributed by atoms with Gasteiger partial charge in [0, 0.05) is 37.8 Å². The SMILES string of the molecule is CCCN(C(=O)c1ccc(C(=O)N(C)C)cc1)C1CCNCC1.Cl. The summed E-state index contributed by atoms with van der Waals surface area (Å²) < 4.78 is 0. The van der Waals surface area contributed by atoms with Crippen LogP contribution in [0.1, 0.15) is 46.9 Å². The number of amides is 2. The second-order valence-electron chi connectivity index (χ2n) is 6.26. The van der Waals surface area contributed by atoms with Crippen LogP contribution in [0.5, 0.6) is 0 Å². The molecule has 0 spiro atoms. The van der Waals surface area contributed by atoms with Crippen LogP contribution in [0.25, 0.3) is 0 Å². The van der Waals surface area contributed by atoms with Crippen molar-refractivity contribution in [2.45, 2.75) is 32.2 Å². The normalized spacial score (nSPS) is 14.6. The molecule has 1 aliphatic rings. The summed E-state index contributed by atoms with van der Waals surface area (Å²) in [6.45, 7) is 4.81. The maximum absolute atomic E-state index is 12.9. The van der Waals surface area contributed by atoms with E-state index in [4.69, 9.17) is 0 Å². The van der Waals surface area contributed by atoms with Crippen LogP contribution in [0.3, 0.4) is 0 Å². The van der Waals surface area contributed by atoms with Crippen molar-refractivity contribution in [3.63, 3.8) is 0 Å². The van der Waals surface area contributed by atoms with Crippen LogP contribution in [-0.4, -0.2) is 61.4 Å². The van der Waals surface area contributed by atoms with Crippen LogP contribution < -0.4 is 5.32 Å². The van der Waals surface area contributed by atoms with Crippen molar-refractivity contribution >= 4 is 24.2 Å². The number of nitrogens with one attached hydrogen (secondary N) is 1. The predicted octanol–water partition coefficient (Wildman–Crippen LogP) is 2.41. The zero-order chi connectivity index (χ0) is 16.8. The molecule has 1 fully saturated rings. The van der Waals surface area contributed by atoms with Crippen molar-refractivity contribution in [1.29, 1.82) is 0 Å². The number of carbonyl (C=O) groups excluding carboxylic acids is 2. The number of hydrogen-bond donors (Lipinski definition) is 1. The molecule has 134 valence electrons. The summed E-state index contributed by atoms with van der Waals surface area (Å²) >= 11 is 0. The number of nitrogens with zero attached hydrogens (tertiary/aromatic N) is 2. The number of hydrogen-bond acceptors (Lipinski definition) is 3. The third-order valence-corrected chi connectivity index (χ3v) is 4.26. The Kier molecular flexibility index (Phi) is 8.22. The minimum atomic E-state index is -0.0484. The highest BCUT2D eigenvalue weighted by Crippen LogP contribution is 2.17. The quantitative estimate of drug-likeness (QED) is 0.884. The van der Waals surface area contributed by atoms with Gasteiger partial charge in [-0.25, -0.2) is 0 Å². The van der Waals surface area contributed by atoms with Gasteiger partial charge < -0.3 is 15.1 Å². The molecule has 1 heterocycles. The van der Waals surface area contributed by atoms with Crippen LogP contribution >= 0.6 is 12.4 Å². The molecular weight excluding hydrogens is 326 g/mol. The van der Waals surface area contributed by atoms with Gasteiger partial charge in [-0.2, -0.15) is 0 Å². The van der Waals surface area contributed by atoms with Gasteiger partial charge in [-0.3, -0.25) is 9.59 Å². The number of piperidine rings is 1. The zero-order valence-corrected chi connectivity index (χ0v) is 15.6. The van der Waals surface area contributed by atoms with E-state index in [1.54, 1.807) is 38.4 Å². The van der Waals surface area contributed by atoms with Crippen LogP contribution in [0.4, 0.5) is 0 Å². The van der Waals surface area contributed by atoms with Gasteiger partial charge in [0.1, 0.15) is 0 Å². The smallest absolute Gasteiger partial charge is 0.254 e. The van der Waals surface area contributed by atoms with E-state index in [1.807, 2.05) is 4.90 Å². The molecule has 0 radical (unpaired) electrons. The van der Waals surface area contributed by atoms with Crippen molar-refractivity contribution in [1.82, 2.24) is 15.1 Å². The molecule has 0 saturated carbocycles. The van der Waals surface area contributed by atoms with Crippen LogP contribution in [-0.2, 0) is 0 Å². The summed E-state index contributed by atoms with van der Waals surface area (Å²) in [6.07, 6.45) is 2.96. The summed E-state index contributed by atoms with van der Waals surface area (Å²) in [6, 6.07) is 7.32. The first kappa shape index (κ1) is 20.5. The molecule has 1 saturated heterocycles. The molecule has 2 rings (SSSR count). The average molecular weight is 354 g/mol. The van der Waals surface area contributed by atoms with Gasteiger partial charge in [-0.05, 0) is 56.6 Å². The van der Waals surface area contributed by atoms with E-state index in [0.717, 1.165) is 38.9 Å². The van der Waals surface area contributed by atoms with Gasteiger partial charge in [-0.1, -0.05) is 6.92 Å². The summed E-state index contributed by atoms with van der Waals surface area (Å²) in [5.41, 5.74) is 1.27. The molecule has 2 amide bonds. The Hall–Kier alpha value is -1.59. The Balaban J connectivity index is 0.00000288. The Morgan fingerprint density at radius 3 is 2.00 bits per heavy atom. The van der Waals surface area contributed by atoms with Crippen molar-refractivity contribution in [3.05, 3.63) is 35.4 Å². The lowest BCUT2D eigenvalue weighted by Gasteiger charge is -2.34. The maximum atomic E-state index is 12.9. The molecule has 1 aromatic rings. The van der Waals surface area contributed by atoms with Crippen LogP contribution in [0.15, 0.2) is 24.3 Å². The first-order chi connectivity index (χ1) is 11.0. The van der Waals surface area contributed by atoms with Gasteiger partial charge in [0.2, 0.25) is 0 Å². The fourth-order valence-corrected chi connectivity index (χ4v) is 2.99. The predicted molar refractivity (Wildman–Crippen MR) is 98.9 cm³/mol. The van der Waals surface area contributed by atoms with Gasteiger partial charge in [0.25, 0.3) is 11.8 Å². The molecule has 0 unspecified atom stereocenters. The fourth-order valence-electron chi connectivity index (χ4n) is 2.99. The second-order valence-corrected chi connectivity index (χ2v) is 6.26. The van der Waals surface area contributed by atoms with E-state index in [-0.39, 0.29) is 24.2 Å². The first-order valence-corrected chi connectivity index (χ1v) is 8.38. The minimum absolute atomic E-state index is 0. The minimum Gasteiger partial charge on any atom is -0.345 e. The Morgan fingerprint density at radius 1 is 1.04 bits per heavy atom. The van der Waals surface area contributed by atoms with E-state index >= 15 is 0 Å². The molecule has 0 aromatic heterocycles. The molecule has 1 aromatic carbocycles. The summed E-state index contributed by atoms with van der Waals surface area (Å²) in [5, 5.41) is 3.34. The highest BCUT2D eigenvalue weighted by Gasteiger charge is 2.25. The van der Waals surface area contributed by atoms with E-state index in [9.17, 15) is 9.59 Å². The van der Waals surface area contributed by atoms with Crippen molar-refractivity contribution in [2.24, 2.45) is 0 Å². The lowest BCUT2D eigenvalue weighted by molar-refractivity contribution is 0.0642. The summed E-state index contributed by atoms with van der Waals surface area (Å²) in [4.78, 5) is 28.3. The zero-order valence-electron chi connectivity index (χ0n) is 14.7. The molecule has 0 aliphatic carbocycles. The van der Waals surface area contributed by atoms with Gasteiger partial charge in [0.15, 0.2) is 0 Å². The fraction of sp³-hybridized carbons (Fsp3) is 0.556. The molecular formula is C18H28ClN3O2. The molecule has 6 heteroatoms. The van der Waals surface area contributed by atoms with Crippen molar-refractivity contribution in [2.75, 3.05) is 33.7 Å². The topological polar surface area (TPSA) is 52.7 Å². The summed E-state index contributed by atoms with van der Waals surface area (Å²) in [5.74, 6) is 0.0235. The second kappa shape index (κ2) is 9.64. The summed E-state index contributed by atoms with van der Waals surface area (Å²) in [7, 11) is 3.45. The van der Waals surface area contributed by atoms with E-state index < -0.39 is 0 Å². The largest absolute Gasteiger partial charge is 0.345 e. The molecule has 1 N–H and O–H groups in total.